The highest BCUT2D eigenvalue weighted by Gasteiger charge is 2.40. The number of carbonyl (C=O) groups is 5. The molecule has 0 bridgehead atoms. The second kappa shape index (κ2) is 42.6. The summed E-state index contributed by atoms with van der Waals surface area (Å²) in [7, 11) is 6.45. The standard InChI is InChI=1S/C40H61N3O8.C35H53N3O6.ClH/c1-29(2)18-20-41(21-19-31-14-11-10-12-15-31)38(45)50-28-32-24-34(27-42(26-32)39(46)51-40(5,6)7)43(30(3)4)37(44)33-16-17-35(48-9)36(25-33)49-23-13-22-47-8;1-26(2)15-17-37(18-16-28-11-8-7-9-12-28)35(40)44-25-29-21-31(24-36-23-29)38(27(3)4)34(39)30-13-14-32(42-6)33(22-30)43-20-10-19-41-5;/h10-12,14-17,25,29-30,32,34H,13,18-24,26-28H2,1-9H3;7-9,11-14,22,26-27,29,31,36H,10,15-21,23-25H2,1-6H3;1H/t32?,34-;29?,31-;/m11./s1. The van der Waals surface area contributed by atoms with E-state index in [9.17, 15) is 24.0 Å². The molecule has 0 aliphatic carbocycles. The molecule has 536 valence electrons. The van der Waals surface area contributed by atoms with Crippen molar-refractivity contribution in [1.29, 1.82) is 0 Å². The number of hydrogen-bond donors (Lipinski definition) is 1. The maximum Gasteiger partial charge on any atom is 0.410 e. The molecule has 96 heavy (non-hydrogen) atoms. The molecule has 4 aromatic rings. The number of methoxy groups -OCH3 is 4. The summed E-state index contributed by atoms with van der Waals surface area (Å²) in [4.78, 5) is 77.4. The number of nitrogens with zero attached hydrogens (tertiary/aromatic N) is 5. The Labute approximate surface area is 580 Å². The highest BCUT2D eigenvalue weighted by molar-refractivity contribution is 5.96. The molecule has 2 saturated heterocycles. The first-order valence-electron chi connectivity index (χ1n) is 34.3. The molecular weight excluding hydrogens is 1240 g/mol. The lowest BCUT2D eigenvalue weighted by Crippen LogP contribution is -2.57. The lowest BCUT2D eigenvalue weighted by Gasteiger charge is -2.44. The van der Waals surface area contributed by atoms with Crippen LogP contribution in [0.1, 0.15) is 147 Å². The largest absolute Gasteiger partial charge is 0.493 e. The highest BCUT2D eigenvalue weighted by Crippen LogP contribution is 2.33. The van der Waals surface area contributed by atoms with E-state index < -0.39 is 11.7 Å². The van der Waals surface area contributed by atoms with E-state index in [4.69, 9.17) is 42.6 Å². The van der Waals surface area contributed by atoms with Crippen LogP contribution in [0.25, 0.3) is 0 Å². The topological polar surface area (TPSA) is 197 Å². The average molecular weight is 1360 g/mol. The van der Waals surface area contributed by atoms with E-state index in [1.807, 2.05) is 99.6 Å². The average Bonchev–Trinajstić information content (AvgIpc) is 0.811. The molecule has 2 heterocycles. The lowest BCUT2D eigenvalue weighted by atomic mass is 9.92. The number of halogens is 1. The van der Waals surface area contributed by atoms with Crippen LogP contribution >= 0.6 is 12.4 Å². The maximum absolute atomic E-state index is 14.3. The van der Waals surface area contributed by atoms with Crippen LogP contribution in [0.15, 0.2) is 97.1 Å². The minimum atomic E-state index is -0.696. The van der Waals surface area contributed by atoms with Gasteiger partial charge in [-0.1, -0.05) is 88.4 Å². The molecule has 2 aliphatic heterocycles. The van der Waals surface area contributed by atoms with Crippen LogP contribution in [0.2, 0.25) is 0 Å². The first kappa shape index (κ1) is 81.4. The number of nitrogens with one attached hydrogen (secondary N) is 1. The SMILES string of the molecule is COCCCOc1cc(C(=O)N(C(C)C)[C@@H]2CC(COC(=O)N(CCc3ccccc3)CCC(C)C)CN(C(=O)OC(C)(C)C)C2)ccc1OC.COCCCOc1cc(C(=O)N(C(C)C)[C@H]2CNCC(COC(=O)N(CCc3ccccc3)CCC(C)C)C2)ccc1OC.Cl. The van der Waals surface area contributed by atoms with E-state index in [-0.39, 0.29) is 85.6 Å². The summed E-state index contributed by atoms with van der Waals surface area (Å²) in [6.45, 7) is 29.0. The summed E-state index contributed by atoms with van der Waals surface area (Å²) >= 11 is 0. The van der Waals surface area contributed by atoms with Gasteiger partial charge in [-0.25, -0.2) is 14.4 Å². The van der Waals surface area contributed by atoms with Gasteiger partial charge in [0.15, 0.2) is 23.0 Å². The molecule has 0 aromatic heterocycles. The zero-order valence-electron chi connectivity index (χ0n) is 60.3. The quantitative estimate of drug-likeness (QED) is 0.0342. The predicted octanol–water partition coefficient (Wildman–Crippen LogP) is 13.4. The molecule has 4 aromatic carbocycles. The van der Waals surface area contributed by atoms with E-state index >= 15 is 0 Å². The second-order valence-corrected chi connectivity index (χ2v) is 27.3. The Morgan fingerprint density at radius 1 is 0.531 bits per heavy atom. The smallest absolute Gasteiger partial charge is 0.410 e. The number of likely N-dealkylation sites (tertiary alicyclic amines) is 1. The zero-order chi connectivity index (χ0) is 69.5. The fourth-order valence-electron chi connectivity index (χ4n) is 11.7. The third kappa shape index (κ3) is 27.9. The van der Waals surface area contributed by atoms with Gasteiger partial charge in [-0.05, 0) is 146 Å². The van der Waals surface area contributed by atoms with Crippen LogP contribution in [0.4, 0.5) is 14.4 Å². The van der Waals surface area contributed by atoms with E-state index in [2.05, 4.69) is 57.3 Å². The minimum absolute atomic E-state index is 0. The predicted molar refractivity (Wildman–Crippen MR) is 379 cm³/mol. The second-order valence-electron chi connectivity index (χ2n) is 27.3. The van der Waals surface area contributed by atoms with Crippen LogP contribution in [0.5, 0.6) is 23.0 Å². The Morgan fingerprint density at radius 2 is 0.969 bits per heavy atom. The third-order valence-electron chi connectivity index (χ3n) is 16.7. The van der Waals surface area contributed by atoms with Crippen molar-refractivity contribution in [2.24, 2.45) is 23.7 Å². The minimum Gasteiger partial charge on any atom is -0.493 e. The molecule has 5 amide bonds. The summed E-state index contributed by atoms with van der Waals surface area (Å²) < 4.78 is 50.8. The number of ether oxygens (including phenoxy) is 9. The molecule has 2 fully saturated rings. The molecule has 21 heteroatoms. The van der Waals surface area contributed by atoms with Gasteiger partial charge in [0.2, 0.25) is 0 Å². The molecule has 0 radical (unpaired) electrons. The van der Waals surface area contributed by atoms with Gasteiger partial charge < -0.3 is 72.4 Å². The fourth-order valence-corrected chi connectivity index (χ4v) is 11.7. The van der Waals surface area contributed by atoms with Crippen molar-refractivity contribution in [3.8, 4) is 23.0 Å². The van der Waals surface area contributed by atoms with E-state index in [0.717, 1.165) is 50.6 Å². The molecule has 6 rings (SSSR count). The van der Waals surface area contributed by atoms with Crippen molar-refractivity contribution in [2.45, 2.75) is 157 Å². The Kier molecular flexibility index (Phi) is 36.2. The molecule has 0 saturated carbocycles. The third-order valence-corrected chi connectivity index (χ3v) is 16.7. The molecule has 4 atom stereocenters. The molecule has 2 unspecified atom stereocenters. The summed E-state index contributed by atoms with van der Waals surface area (Å²) in [5.41, 5.74) is 2.66. The summed E-state index contributed by atoms with van der Waals surface area (Å²) in [5, 5.41) is 3.48. The number of piperidine rings is 2. The van der Waals surface area contributed by atoms with Gasteiger partial charge in [0, 0.05) is 134 Å². The van der Waals surface area contributed by atoms with E-state index in [1.165, 1.54) is 5.56 Å². The Hall–Kier alpha value is -7.00. The van der Waals surface area contributed by atoms with Crippen LogP contribution in [-0.4, -0.2) is 205 Å². The van der Waals surface area contributed by atoms with Crippen LogP contribution in [-0.2, 0) is 36.5 Å². The van der Waals surface area contributed by atoms with Gasteiger partial charge in [0.25, 0.3) is 11.8 Å². The zero-order valence-corrected chi connectivity index (χ0v) is 61.1. The Balaban J connectivity index is 0.000000408. The normalized spacial score (nSPS) is 16.2. The van der Waals surface area contributed by atoms with Gasteiger partial charge in [0.1, 0.15) is 5.60 Å². The summed E-state index contributed by atoms with van der Waals surface area (Å²) in [6.07, 6.45) is 4.91. The maximum atomic E-state index is 14.3. The first-order chi connectivity index (χ1) is 45.4. The van der Waals surface area contributed by atoms with Gasteiger partial charge in [0.05, 0.1) is 46.7 Å². The van der Waals surface area contributed by atoms with Crippen molar-refractivity contribution in [3.63, 3.8) is 0 Å². The van der Waals surface area contributed by atoms with Crippen molar-refractivity contribution >= 4 is 42.5 Å². The van der Waals surface area contributed by atoms with Crippen LogP contribution in [0.3, 0.4) is 0 Å². The molecule has 1 N–H and O–H groups in total. The molecular formula is C75H115ClN6O14. The lowest BCUT2D eigenvalue weighted by molar-refractivity contribution is -0.00969. The Bertz CT molecular complexity index is 2910. The Morgan fingerprint density at radius 3 is 1.39 bits per heavy atom. The van der Waals surface area contributed by atoms with Crippen LogP contribution in [0, 0.1) is 23.7 Å². The number of rotatable bonds is 34. The number of hydrogen-bond acceptors (Lipinski definition) is 15. The summed E-state index contributed by atoms with van der Waals surface area (Å²) in [5.74, 6) is 2.69. The number of benzene rings is 4. The van der Waals surface area contributed by atoms with Gasteiger partial charge in [-0.15, -0.1) is 12.4 Å². The summed E-state index contributed by atoms with van der Waals surface area (Å²) in [6, 6.07) is 30.2. The van der Waals surface area contributed by atoms with Crippen molar-refractivity contribution in [1.82, 2.24) is 29.8 Å². The molecule has 0 spiro atoms. The number of carbonyl (C=O) groups excluding carboxylic acids is 5. The van der Waals surface area contributed by atoms with Crippen molar-refractivity contribution in [3.05, 3.63) is 119 Å². The first-order valence-corrected chi connectivity index (χ1v) is 34.3. The van der Waals surface area contributed by atoms with Gasteiger partial charge in [-0.3, -0.25) is 9.59 Å². The van der Waals surface area contributed by atoms with E-state index in [0.29, 0.717) is 131 Å². The monoisotopic (exact) mass is 1360 g/mol. The van der Waals surface area contributed by atoms with E-state index in [1.54, 1.807) is 74.6 Å². The molecule has 20 nitrogen and oxygen atoms in total. The van der Waals surface area contributed by atoms with Gasteiger partial charge >= 0.3 is 18.3 Å². The fraction of sp³-hybridized carbons (Fsp3) is 0.613. The van der Waals surface area contributed by atoms with Crippen molar-refractivity contribution in [2.75, 3.05) is 120 Å². The van der Waals surface area contributed by atoms with Gasteiger partial charge in [-0.2, -0.15) is 0 Å². The van der Waals surface area contributed by atoms with Crippen molar-refractivity contribution < 1.29 is 66.6 Å². The highest BCUT2D eigenvalue weighted by atomic mass is 35.5. The molecule has 2 aliphatic rings. The number of amides is 5. The van der Waals surface area contributed by atoms with Crippen LogP contribution < -0.4 is 24.3 Å².